The molecule has 1 aromatic heterocycles. The second-order valence-electron chi connectivity index (χ2n) is 4.12. The molecule has 0 fully saturated rings. The van der Waals surface area contributed by atoms with Crippen molar-refractivity contribution in [1.29, 1.82) is 0 Å². The minimum atomic E-state index is -0.993. The summed E-state index contributed by atoms with van der Waals surface area (Å²) in [6.07, 6.45) is 0. The van der Waals surface area contributed by atoms with E-state index < -0.39 is 5.97 Å². The molecule has 0 unspecified atom stereocenters. The summed E-state index contributed by atoms with van der Waals surface area (Å²) in [5.41, 5.74) is 2.26. The maximum Gasteiger partial charge on any atom is 0.354 e. The third-order valence-electron chi connectivity index (χ3n) is 2.90. The first kappa shape index (κ1) is 12.6. The van der Waals surface area contributed by atoms with E-state index in [2.05, 4.69) is 4.98 Å². The van der Waals surface area contributed by atoms with Gasteiger partial charge >= 0.3 is 5.97 Å². The summed E-state index contributed by atoms with van der Waals surface area (Å²) in [6.45, 7) is 5.32. The molecule has 94 valence electrons. The number of imidazole rings is 1. The Kier molecular flexibility index (Phi) is 3.13. The number of hydrogen-bond donors (Lipinski definition) is 1. The Hall–Kier alpha value is -1.81. The van der Waals surface area contributed by atoms with Gasteiger partial charge in [0.25, 0.3) is 0 Å². The van der Waals surface area contributed by atoms with Crippen LogP contribution in [0.25, 0.3) is 5.69 Å². The van der Waals surface area contributed by atoms with E-state index in [4.69, 9.17) is 11.6 Å². The van der Waals surface area contributed by atoms with Gasteiger partial charge in [-0.2, -0.15) is 0 Å². The molecule has 0 radical (unpaired) electrons. The fraction of sp³-hybridized carbons (Fsp3) is 0.231. The van der Waals surface area contributed by atoms with E-state index in [0.29, 0.717) is 16.5 Å². The number of benzene rings is 1. The fourth-order valence-electron chi connectivity index (χ4n) is 2.05. The number of carbonyl (C=O) groups is 1. The summed E-state index contributed by atoms with van der Waals surface area (Å²) >= 11 is 6.07. The summed E-state index contributed by atoms with van der Waals surface area (Å²) in [5, 5.41) is 9.89. The zero-order valence-corrected chi connectivity index (χ0v) is 11.1. The maximum atomic E-state index is 11.3. The molecule has 4 nitrogen and oxygen atoms in total. The molecule has 0 saturated carbocycles. The molecule has 5 heteroatoms. The van der Waals surface area contributed by atoms with Gasteiger partial charge < -0.3 is 5.11 Å². The quantitative estimate of drug-likeness (QED) is 0.907. The van der Waals surface area contributed by atoms with Crippen molar-refractivity contribution in [2.45, 2.75) is 20.8 Å². The zero-order valence-electron chi connectivity index (χ0n) is 10.4. The molecule has 2 aromatic rings. The van der Waals surface area contributed by atoms with Crippen LogP contribution in [0.4, 0.5) is 0 Å². The van der Waals surface area contributed by atoms with Crippen LogP contribution in [-0.4, -0.2) is 20.6 Å². The van der Waals surface area contributed by atoms with Crippen LogP contribution in [0.1, 0.15) is 27.6 Å². The summed E-state index contributed by atoms with van der Waals surface area (Å²) in [6, 6.07) is 5.41. The Labute approximate surface area is 110 Å². The number of carboxylic acid groups (broad SMARTS) is 1. The number of hydrogen-bond acceptors (Lipinski definition) is 2. The first-order chi connectivity index (χ1) is 8.43. The monoisotopic (exact) mass is 264 g/mol. The summed E-state index contributed by atoms with van der Waals surface area (Å²) in [7, 11) is 0. The van der Waals surface area contributed by atoms with E-state index >= 15 is 0 Å². The van der Waals surface area contributed by atoms with E-state index in [-0.39, 0.29) is 5.69 Å². The van der Waals surface area contributed by atoms with E-state index in [9.17, 15) is 9.90 Å². The number of halogens is 1. The Morgan fingerprint density at radius 3 is 2.61 bits per heavy atom. The number of rotatable bonds is 2. The van der Waals surface area contributed by atoms with E-state index in [1.54, 1.807) is 30.5 Å². The van der Waals surface area contributed by atoms with Gasteiger partial charge in [0.15, 0.2) is 5.69 Å². The molecule has 0 aliphatic rings. The number of aryl methyl sites for hydroxylation is 2. The molecule has 0 amide bonds. The van der Waals surface area contributed by atoms with Crippen molar-refractivity contribution < 1.29 is 9.90 Å². The number of aromatic carboxylic acids is 1. The highest BCUT2D eigenvalue weighted by molar-refractivity contribution is 6.31. The predicted molar refractivity (Wildman–Crippen MR) is 69.7 cm³/mol. The maximum absolute atomic E-state index is 11.3. The van der Waals surface area contributed by atoms with Crippen molar-refractivity contribution in [2.75, 3.05) is 0 Å². The molecule has 2 rings (SSSR count). The molecule has 0 aliphatic carbocycles. The third kappa shape index (κ3) is 1.88. The molecular formula is C13H13ClN2O2. The van der Waals surface area contributed by atoms with Gasteiger partial charge in [-0.3, -0.25) is 4.57 Å². The van der Waals surface area contributed by atoms with E-state index in [1.165, 1.54) is 0 Å². The standard InChI is InChI=1S/C13H13ClN2O2/c1-7-10(14)5-4-6-11(7)16-9(3)15-8(2)12(16)13(17)18/h4-6H,1-3H3,(H,17,18). The van der Waals surface area contributed by atoms with E-state index in [0.717, 1.165) is 11.3 Å². The van der Waals surface area contributed by atoms with Crippen molar-refractivity contribution in [3.8, 4) is 5.69 Å². The lowest BCUT2D eigenvalue weighted by molar-refractivity contribution is 0.0687. The van der Waals surface area contributed by atoms with Crippen LogP contribution in [0.2, 0.25) is 5.02 Å². The average Bonchev–Trinajstić information content (AvgIpc) is 2.57. The zero-order chi connectivity index (χ0) is 13.4. The van der Waals surface area contributed by atoms with Crippen LogP contribution in [-0.2, 0) is 0 Å². The van der Waals surface area contributed by atoms with E-state index in [1.807, 2.05) is 13.0 Å². The van der Waals surface area contributed by atoms with Crippen molar-refractivity contribution >= 4 is 17.6 Å². The predicted octanol–water partition coefficient (Wildman–Crippen LogP) is 3.15. The summed E-state index contributed by atoms with van der Waals surface area (Å²) in [5.74, 6) is -0.359. The second kappa shape index (κ2) is 4.46. The average molecular weight is 265 g/mol. The normalized spacial score (nSPS) is 10.7. The first-order valence-electron chi connectivity index (χ1n) is 5.48. The highest BCUT2D eigenvalue weighted by atomic mass is 35.5. The van der Waals surface area contributed by atoms with Gasteiger partial charge in [0.05, 0.1) is 11.4 Å². The SMILES string of the molecule is Cc1nc(C)n(-c2cccc(Cl)c2C)c1C(=O)O. The molecule has 18 heavy (non-hydrogen) atoms. The molecule has 0 saturated heterocycles. The minimum absolute atomic E-state index is 0.179. The molecule has 0 atom stereocenters. The molecule has 1 heterocycles. The van der Waals surface area contributed by atoms with Gasteiger partial charge in [0.2, 0.25) is 0 Å². The van der Waals surface area contributed by atoms with Crippen molar-refractivity contribution in [1.82, 2.24) is 9.55 Å². The van der Waals surface area contributed by atoms with Crippen molar-refractivity contribution in [3.05, 3.63) is 46.0 Å². The summed E-state index contributed by atoms with van der Waals surface area (Å²) in [4.78, 5) is 15.6. The molecule has 0 aliphatic heterocycles. The minimum Gasteiger partial charge on any atom is -0.477 e. The molecular weight excluding hydrogens is 252 g/mol. The lowest BCUT2D eigenvalue weighted by Gasteiger charge is -2.12. The number of nitrogens with zero attached hydrogens (tertiary/aromatic N) is 2. The lowest BCUT2D eigenvalue weighted by Crippen LogP contribution is -2.10. The number of aromatic nitrogens is 2. The van der Waals surface area contributed by atoms with Gasteiger partial charge in [-0.05, 0) is 38.5 Å². The Bertz CT molecular complexity index is 632. The smallest absolute Gasteiger partial charge is 0.354 e. The fourth-order valence-corrected chi connectivity index (χ4v) is 2.22. The molecule has 1 aromatic carbocycles. The largest absolute Gasteiger partial charge is 0.477 e. The highest BCUT2D eigenvalue weighted by Crippen LogP contribution is 2.25. The molecule has 0 spiro atoms. The van der Waals surface area contributed by atoms with Crippen LogP contribution in [0.15, 0.2) is 18.2 Å². The van der Waals surface area contributed by atoms with Gasteiger partial charge in [-0.1, -0.05) is 17.7 Å². The Morgan fingerprint density at radius 1 is 1.33 bits per heavy atom. The summed E-state index contributed by atoms with van der Waals surface area (Å²) < 4.78 is 1.62. The second-order valence-corrected chi connectivity index (χ2v) is 4.52. The third-order valence-corrected chi connectivity index (χ3v) is 3.31. The van der Waals surface area contributed by atoms with Crippen LogP contribution in [0, 0.1) is 20.8 Å². The van der Waals surface area contributed by atoms with Gasteiger partial charge in [-0.15, -0.1) is 0 Å². The van der Waals surface area contributed by atoms with Gasteiger partial charge in [0, 0.05) is 5.02 Å². The van der Waals surface area contributed by atoms with Crippen LogP contribution in [0.3, 0.4) is 0 Å². The van der Waals surface area contributed by atoms with Crippen LogP contribution in [0.5, 0.6) is 0 Å². The first-order valence-corrected chi connectivity index (χ1v) is 5.86. The topological polar surface area (TPSA) is 55.1 Å². The van der Waals surface area contributed by atoms with Crippen LogP contribution >= 0.6 is 11.6 Å². The molecule has 0 bridgehead atoms. The number of carboxylic acids is 1. The van der Waals surface area contributed by atoms with Crippen LogP contribution < -0.4 is 0 Å². The van der Waals surface area contributed by atoms with Gasteiger partial charge in [0.1, 0.15) is 5.82 Å². The Morgan fingerprint density at radius 2 is 2.00 bits per heavy atom. The molecule has 1 N–H and O–H groups in total. The lowest BCUT2D eigenvalue weighted by atomic mass is 10.2. The highest BCUT2D eigenvalue weighted by Gasteiger charge is 2.20. The Balaban J connectivity index is 2.79. The van der Waals surface area contributed by atoms with Crippen molar-refractivity contribution in [2.24, 2.45) is 0 Å². The van der Waals surface area contributed by atoms with Gasteiger partial charge in [-0.25, -0.2) is 9.78 Å². The van der Waals surface area contributed by atoms with Crippen molar-refractivity contribution in [3.63, 3.8) is 0 Å².